The number of thioether (sulfide) groups is 1. The summed E-state index contributed by atoms with van der Waals surface area (Å²) >= 11 is 7.16. The zero-order valence-electron chi connectivity index (χ0n) is 11.6. The first-order chi connectivity index (χ1) is 9.19. The average Bonchev–Trinajstić information content (AvgIpc) is 2.41. The van der Waals surface area contributed by atoms with Crippen molar-refractivity contribution in [2.24, 2.45) is 5.92 Å². The lowest BCUT2D eigenvalue weighted by Gasteiger charge is -2.30. The maximum absolute atomic E-state index is 5.42. The van der Waals surface area contributed by atoms with Crippen molar-refractivity contribution in [1.82, 2.24) is 5.32 Å². The summed E-state index contributed by atoms with van der Waals surface area (Å²) in [6.07, 6.45) is 7.29. The fourth-order valence-corrected chi connectivity index (χ4v) is 3.30. The Balaban J connectivity index is 1.89. The molecule has 1 aliphatic carbocycles. The highest BCUT2D eigenvalue weighted by Gasteiger charge is 2.21. The van der Waals surface area contributed by atoms with Gasteiger partial charge in [-0.25, -0.2) is 0 Å². The molecule has 0 radical (unpaired) electrons. The molecule has 2 nitrogen and oxygen atoms in total. The fraction of sp³-hybridized carbons (Fsp3) is 0.533. The van der Waals surface area contributed by atoms with Crippen molar-refractivity contribution in [3.05, 3.63) is 24.3 Å². The van der Waals surface area contributed by atoms with Crippen molar-refractivity contribution in [1.29, 1.82) is 0 Å². The Kier molecular flexibility index (Phi) is 5.52. The van der Waals surface area contributed by atoms with Gasteiger partial charge in [0.15, 0.2) is 5.11 Å². The molecule has 0 bridgehead atoms. The lowest BCUT2D eigenvalue weighted by molar-refractivity contribution is 0.309. The SMILES string of the molecule is CSc1cccc(NC(=S)N[C@H]2CCCC[C@H]2C)c1. The van der Waals surface area contributed by atoms with Crippen LogP contribution in [0.3, 0.4) is 0 Å². The van der Waals surface area contributed by atoms with E-state index in [1.807, 2.05) is 0 Å². The third-order valence-corrected chi connectivity index (χ3v) is 4.70. The van der Waals surface area contributed by atoms with Gasteiger partial charge < -0.3 is 10.6 Å². The van der Waals surface area contributed by atoms with Crippen molar-refractivity contribution in [3.8, 4) is 0 Å². The first-order valence-corrected chi connectivity index (χ1v) is 8.54. The van der Waals surface area contributed by atoms with Crippen molar-refractivity contribution in [3.63, 3.8) is 0 Å². The van der Waals surface area contributed by atoms with Crippen molar-refractivity contribution >= 4 is 34.8 Å². The molecular formula is C15H22N2S2. The van der Waals surface area contributed by atoms with E-state index in [-0.39, 0.29) is 0 Å². The van der Waals surface area contributed by atoms with Gasteiger partial charge in [-0.05, 0) is 55.4 Å². The molecular weight excluding hydrogens is 272 g/mol. The summed E-state index contributed by atoms with van der Waals surface area (Å²) in [7, 11) is 0. The summed E-state index contributed by atoms with van der Waals surface area (Å²) in [6.45, 7) is 2.31. The molecule has 4 heteroatoms. The van der Waals surface area contributed by atoms with E-state index in [1.165, 1.54) is 30.6 Å². The predicted octanol–water partition coefficient (Wildman–Crippen LogP) is 4.27. The minimum Gasteiger partial charge on any atom is -0.359 e. The molecule has 19 heavy (non-hydrogen) atoms. The van der Waals surface area contributed by atoms with Crippen LogP contribution in [0.4, 0.5) is 5.69 Å². The molecule has 0 saturated heterocycles. The number of anilines is 1. The van der Waals surface area contributed by atoms with E-state index in [0.29, 0.717) is 12.0 Å². The number of benzene rings is 1. The van der Waals surface area contributed by atoms with Crippen LogP contribution in [0.2, 0.25) is 0 Å². The molecule has 1 fully saturated rings. The van der Waals surface area contributed by atoms with Gasteiger partial charge in [0.1, 0.15) is 0 Å². The Morgan fingerprint density at radius 2 is 2.11 bits per heavy atom. The Morgan fingerprint density at radius 1 is 1.32 bits per heavy atom. The monoisotopic (exact) mass is 294 g/mol. The second kappa shape index (κ2) is 7.15. The Bertz CT molecular complexity index is 434. The lowest BCUT2D eigenvalue weighted by Crippen LogP contribution is -2.43. The topological polar surface area (TPSA) is 24.1 Å². The van der Waals surface area contributed by atoms with E-state index < -0.39 is 0 Å². The largest absolute Gasteiger partial charge is 0.359 e. The lowest BCUT2D eigenvalue weighted by atomic mass is 9.86. The van der Waals surface area contributed by atoms with Crippen molar-refractivity contribution in [2.45, 2.75) is 43.5 Å². The fourth-order valence-electron chi connectivity index (χ4n) is 2.57. The van der Waals surface area contributed by atoms with Gasteiger partial charge in [-0.3, -0.25) is 0 Å². The summed E-state index contributed by atoms with van der Waals surface area (Å²) in [4.78, 5) is 1.25. The van der Waals surface area contributed by atoms with Crippen LogP contribution in [0, 0.1) is 5.92 Å². The minimum atomic E-state index is 0.525. The maximum atomic E-state index is 5.42. The molecule has 1 saturated carbocycles. The molecule has 1 aromatic rings. The van der Waals surface area contributed by atoms with Gasteiger partial charge in [0.2, 0.25) is 0 Å². The molecule has 1 aliphatic rings. The summed E-state index contributed by atoms with van der Waals surface area (Å²) in [5, 5.41) is 7.51. The maximum Gasteiger partial charge on any atom is 0.171 e. The van der Waals surface area contributed by atoms with Gasteiger partial charge in [0.25, 0.3) is 0 Å². The first-order valence-electron chi connectivity index (χ1n) is 6.90. The predicted molar refractivity (Wildman–Crippen MR) is 89.0 cm³/mol. The first kappa shape index (κ1) is 14.7. The summed E-state index contributed by atoms with van der Waals surface area (Å²) in [5.41, 5.74) is 1.06. The van der Waals surface area contributed by atoms with Gasteiger partial charge >= 0.3 is 0 Å². The minimum absolute atomic E-state index is 0.525. The van der Waals surface area contributed by atoms with E-state index in [2.05, 4.69) is 48.1 Å². The van der Waals surface area contributed by atoms with Crippen LogP contribution in [0.25, 0.3) is 0 Å². The van der Waals surface area contributed by atoms with Gasteiger partial charge in [-0.2, -0.15) is 0 Å². The number of hydrogen-bond donors (Lipinski definition) is 2. The van der Waals surface area contributed by atoms with Gasteiger partial charge in [0, 0.05) is 16.6 Å². The van der Waals surface area contributed by atoms with Crippen LogP contribution >= 0.6 is 24.0 Å². The quantitative estimate of drug-likeness (QED) is 0.642. The zero-order chi connectivity index (χ0) is 13.7. The molecule has 0 spiro atoms. The van der Waals surface area contributed by atoms with Gasteiger partial charge in [0.05, 0.1) is 0 Å². The number of nitrogens with one attached hydrogen (secondary N) is 2. The molecule has 0 heterocycles. The van der Waals surface area contributed by atoms with E-state index >= 15 is 0 Å². The molecule has 1 aromatic carbocycles. The smallest absolute Gasteiger partial charge is 0.171 e. The average molecular weight is 294 g/mol. The van der Waals surface area contributed by atoms with E-state index in [4.69, 9.17) is 12.2 Å². The molecule has 2 atom stereocenters. The third kappa shape index (κ3) is 4.39. The van der Waals surface area contributed by atoms with Crippen LogP contribution in [-0.4, -0.2) is 17.4 Å². The summed E-state index contributed by atoms with van der Waals surface area (Å²) < 4.78 is 0. The van der Waals surface area contributed by atoms with Crippen molar-refractivity contribution < 1.29 is 0 Å². The number of rotatable bonds is 3. The third-order valence-electron chi connectivity index (χ3n) is 3.76. The Morgan fingerprint density at radius 3 is 2.84 bits per heavy atom. The summed E-state index contributed by atoms with van der Waals surface area (Å²) in [5.74, 6) is 0.714. The van der Waals surface area contributed by atoms with Crippen LogP contribution in [-0.2, 0) is 0 Å². The van der Waals surface area contributed by atoms with Crippen molar-refractivity contribution in [2.75, 3.05) is 11.6 Å². The number of thiocarbonyl (C=S) groups is 1. The highest BCUT2D eigenvalue weighted by molar-refractivity contribution is 7.98. The molecule has 0 aromatic heterocycles. The molecule has 2 N–H and O–H groups in total. The molecule has 2 rings (SSSR count). The van der Waals surface area contributed by atoms with Gasteiger partial charge in [-0.1, -0.05) is 25.8 Å². The van der Waals surface area contributed by atoms with E-state index in [9.17, 15) is 0 Å². The van der Waals surface area contributed by atoms with Crippen LogP contribution in [0.15, 0.2) is 29.2 Å². The normalized spacial score (nSPS) is 22.8. The van der Waals surface area contributed by atoms with Gasteiger partial charge in [-0.15, -0.1) is 11.8 Å². The zero-order valence-corrected chi connectivity index (χ0v) is 13.2. The van der Waals surface area contributed by atoms with Crippen LogP contribution in [0.1, 0.15) is 32.6 Å². The highest BCUT2D eigenvalue weighted by atomic mass is 32.2. The number of hydrogen-bond acceptors (Lipinski definition) is 2. The molecule has 104 valence electrons. The Labute approximate surface area is 125 Å². The van der Waals surface area contributed by atoms with E-state index in [1.54, 1.807) is 11.8 Å². The van der Waals surface area contributed by atoms with Crippen LogP contribution in [0.5, 0.6) is 0 Å². The molecule has 0 amide bonds. The van der Waals surface area contributed by atoms with E-state index in [0.717, 1.165) is 10.8 Å². The molecule has 0 aliphatic heterocycles. The summed E-state index contributed by atoms with van der Waals surface area (Å²) in [6, 6.07) is 8.87. The Hall–Kier alpha value is -0.740. The highest BCUT2D eigenvalue weighted by Crippen LogP contribution is 2.24. The standard InChI is InChI=1S/C15H22N2S2/c1-11-6-3-4-9-14(11)17-15(18)16-12-7-5-8-13(10-12)19-2/h5,7-8,10-11,14H,3-4,6,9H2,1-2H3,(H2,16,17,18)/t11-,14+/m1/s1. The molecule has 0 unspecified atom stereocenters. The second-order valence-corrected chi connectivity index (χ2v) is 6.49. The second-order valence-electron chi connectivity index (χ2n) is 5.20. The van der Waals surface area contributed by atoms with Crippen LogP contribution < -0.4 is 10.6 Å².